The maximum absolute atomic E-state index is 14.3. The molecule has 0 amide bonds. The van der Waals surface area contributed by atoms with Gasteiger partial charge in [-0.3, -0.25) is 4.79 Å². The van der Waals surface area contributed by atoms with Gasteiger partial charge in [0.15, 0.2) is 5.82 Å². The number of nitrogens with zero attached hydrogens (tertiary/aromatic N) is 4. The van der Waals surface area contributed by atoms with Gasteiger partial charge < -0.3 is 10.3 Å². The molecule has 0 saturated heterocycles. The molecule has 0 aliphatic carbocycles. The van der Waals surface area contributed by atoms with Crippen molar-refractivity contribution in [2.24, 2.45) is 10.7 Å². The summed E-state index contributed by atoms with van der Waals surface area (Å²) in [5, 5.41) is 9.22. The summed E-state index contributed by atoms with van der Waals surface area (Å²) >= 11 is 0. The van der Waals surface area contributed by atoms with Crippen LogP contribution in [0.3, 0.4) is 0 Å². The number of halogens is 8. The predicted molar refractivity (Wildman–Crippen MR) is 115 cm³/mol. The van der Waals surface area contributed by atoms with E-state index in [1.807, 2.05) is 0 Å². The molecule has 3 aromatic rings. The van der Waals surface area contributed by atoms with E-state index in [2.05, 4.69) is 9.98 Å². The van der Waals surface area contributed by atoms with Crippen molar-refractivity contribution in [2.75, 3.05) is 0 Å². The van der Waals surface area contributed by atoms with Crippen LogP contribution in [0.25, 0.3) is 5.57 Å². The van der Waals surface area contributed by atoms with E-state index in [9.17, 15) is 45.2 Å². The molecule has 0 radical (unpaired) electrons. The van der Waals surface area contributed by atoms with Crippen LogP contribution in [0.4, 0.5) is 40.9 Å². The fraction of sp³-hybridized carbons (Fsp3) is 0.130. The Balaban J connectivity index is 2.26. The van der Waals surface area contributed by atoms with E-state index in [-0.39, 0.29) is 5.56 Å². The molecule has 0 saturated carbocycles. The molecule has 2 heterocycles. The van der Waals surface area contributed by atoms with Gasteiger partial charge in [-0.1, -0.05) is 6.07 Å². The van der Waals surface area contributed by atoms with E-state index >= 15 is 0 Å². The Bertz CT molecular complexity index is 1500. The third-order valence-electron chi connectivity index (χ3n) is 4.95. The molecule has 2 aromatic heterocycles. The molecule has 6 nitrogen and oxygen atoms in total. The first-order valence-electron chi connectivity index (χ1n) is 9.95. The zero-order valence-corrected chi connectivity index (χ0v) is 18.2. The third-order valence-corrected chi connectivity index (χ3v) is 4.95. The number of hydrogen-bond acceptors (Lipinski definition) is 5. The van der Waals surface area contributed by atoms with Crippen molar-refractivity contribution in [2.45, 2.75) is 18.9 Å². The summed E-state index contributed by atoms with van der Waals surface area (Å²) < 4.78 is 109. The number of pyridine rings is 2. The van der Waals surface area contributed by atoms with Crippen LogP contribution in [0, 0.1) is 23.0 Å². The molecule has 0 spiro atoms. The lowest BCUT2D eigenvalue weighted by atomic mass is 10.0. The highest BCUT2D eigenvalue weighted by molar-refractivity contribution is 6.09. The van der Waals surface area contributed by atoms with Crippen molar-refractivity contribution in [1.82, 2.24) is 9.55 Å². The van der Waals surface area contributed by atoms with Crippen LogP contribution in [0.2, 0.25) is 0 Å². The number of allylic oxidation sites excluding steroid dienone is 1. The number of benzene rings is 1. The zero-order chi connectivity index (χ0) is 27.5. The highest BCUT2D eigenvalue weighted by atomic mass is 19.4. The Labute approximate surface area is 202 Å². The van der Waals surface area contributed by atoms with E-state index in [1.165, 1.54) is 0 Å². The van der Waals surface area contributed by atoms with E-state index in [0.717, 1.165) is 30.5 Å². The molecule has 0 aliphatic rings. The Morgan fingerprint density at radius 1 is 1.08 bits per heavy atom. The molecule has 192 valence electrons. The molecule has 0 atom stereocenters. The molecule has 37 heavy (non-hydrogen) atoms. The highest BCUT2D eigenvalue weighted by Gasteiger charge is 2.37. The van der Waals surface area contributed by atoms with Gasteiger partial charge in [0.1, 0.15) is 28.8 Å². The van der Waals surface area contributed by atoms with Gasteiger partial charge in [0.05, 0.1) is 17.8 Å². The van der Waals surface area contributed by atoms with E-state index in [4.69, 9.17) is 5.73 Å². The van der Waals surface area contributed by atoms with Gasteiger partial charge in [0.25, 0.3) is 5.56 Å². The largest absolute Gasteiger partial charge is 0.420 e. The molecule has 0 bridgehead atoms. The van der Waals surface area contributed by atoms with Gasteiger partial charge in [0.2, 0.25) is 0 Å². The lowest BCUT2D eigenvalue weighted by Crippen LogP contribution is -2.30. The topological polar surface area (TPSA) is 97.1 Å². The van der Waals surface area contributed by atoms with Crippen molar-refractivity contribution in [3.8, 4) is 6.07 Å². The first-order valence-corrected chi connectivity index (χ1v) is 9.95. The molecule has 2 N–H and O–H groups in total. The third kappa shape index (κ3) is 5.83. The zero-order valence-electron chi connectivity index (χ0n) is 18.2. The number of hydrogen-bond donors (Lipinski definition) is 1. The van der Waals surface area contributed by atoms with Crippen LogP contribution in [0.1, 0.15) is 27.9 Å². The van der Waals surface area contributed by atoms with Crippen molar-refractivity contribution < 1.29 is 35.1 Å². The second-order valence-corrected chi connectivity index (χ2v) is 7.31. The Morgan fingerprint density at radius 2 is 1.76 bits per heavy atom. The Kier molecular flexibility index (Phi) is 7.47. The SMILES string of the molecule is N#Cc1c(C(F)(F)F)cc(C(C=Nc2ncccc2C(F)(F)F)=CN)n(Cc2ccc(F)cc2F)c1=O. The van der Waals surface area contributed by atoms with Crippen LogP contribution in [-0.4, -0.2) is 15.8 Å². The van der Waals surface area contributed by atoms with Crippen LogP contribution >= 0.6 is 0 Å². The van der Waals surface area contributed by atoms with Crippen molar-refractivity contribution in [1.29, 1.82) is 5.26 Å². The normalized spacial score (nSPS) is 12.7. The lowest BCUT2D eigenvalue weighted by Gasteiger charge is -2.18. The van der Waals surface area contributed by atoms with Crippen LogP contribution in [0.15, 0.2) is 58.6 Å². The summed E-state index contributed by atoms with van der Waals surface area (Å²) in [6.07, 6.45) is -7.78. The number of rotatable bonds is 5. The Morgan fingerprint density at radius 3 is 2.32 bits per heavy atom. The fourth-order valence-corrected chi connectivity index (χ4v) is 3.24. The minimum Gasteiger partial charge on any atom is -0.404 e. The summed E-state index contributed by atoms with van der Waals surface area (Å²) in [5.41, 5.74) is -1.73. The average molecular weight is 527 g/mol. The number of alkyl halides is 6. The summed E-state index contributed by atoms with van der Waals surface area (Å²) in [6.45, 7) is -0.782. The average Bonchev–Trinajstić information content (AvgIpc) is 2.81. The summed E-state index contributed by atoms with van der Waals surface area (Å²) in [7, 11) is 0. The number of nitriles is 1. The number of nitrogens with two attached hydrogens (primary N) is 1. The molecule has 0 fully saturated rings. The lowest BCUT2D eigenvalue weighted by molar-refractivity contribution is -0.138. The summed E-state index contributed by atoms with van der Waals surface area (Å²) in [5.74, 6) is -2.96. The minimum absolute atomic E-state index is 0.342. The smallest absolute Gasteiger partial charge is 0.404 e. The van der Waals surface area contributed by atoms with Gasteiger partial charge in [-0.25, -0.2) is 18.8 Å². The molecule has 0 unspecified atom stereocenters. The number of aliphatic imine (C=N–C) groups is 1. The molecular formula is C23H13F8N5O. The quantitative estimate of drug-likeness (QED) is 0.365. The minimum atomic E-state index is -5.19. The van der Waals surface area contributed by atoms with E-state index < -0.39 is 69.9 Å². The van der Waals surface area contributed by atoms with Gasteiger partial charge in [-0.2, -0.15) is 31.6 Å². The summed E-state index contributed by atoms with van der Waals surface area (Å²) in [6, 6.07) is 5.40. The van der Waals surface area contributed by atoms with Gasteiger partial charge in [0, 0.05) is 35.8 Å². The second kappa shape index (κ2) is 10.2. The fourth-order valence-electron chi connectivity index (χ4n) is 3.24. The molecular weight excluding hydrogens is 514 g/mol. The van der Waals surface area contributed by atoms with Crippen LogP contribution in [-0.2, 0) is 18.9 Å². The second-order valence-electron chi connectivity index (χ2n) is 7.31. The molecule has 1 aromatic carbocycles. The van der Waals surface area contributed by atoms with Gasteiger partial charge in [-0.05, 0) is 24.3 Å². The maximum Gasteiger partial charge on any atom is 0.420 e. The molecule has 0 aliphatic heterocycles. The number of aromatic nitrogens is 2. The first-order chi connectivity index (χ1) is 17.3. The van der Waals surface area contributed by atoms with E-state index in [1.54, 1.807) is 0 Å². The van der Waals surface area contributed by atoms with Crippen molar-refractivity contribution >= 4 is 17.6 Å². The molecule has 3 rings (SSSR count). The predicted octanol–water partition coefficient (Wildman–Crippen LogP) is 5.18. The van der Waals surface area contributed by atoms with E-state index in [0.29, 0.717) is 35.2 Å². The van der Waals surface area contributed by atoms with Crippen LogP contribution in [0.5, 0.6) is 0 Å². The van der Waals surface area contributed by atoms with Gasteiger partial charge >= 0.3 is 12.4 Å². The first kappa shape index (κ1) is 27.1. The maximum atomic E-state index is 14.3. The highest BCUT2D eigenvalue weighted by Crippen LogP contribution is 2.35. The standard InChI is InChI=1S/C23H13F8N5O/c24-14-4-3-12(18(25)6-14)11-36-19(7-17(23(29,30)31)15(9-33)21(36)37)13(8-32)10-35-20-16(22(26,27)28)2-1-5-34-20/h1-8,10H,11,32H2. The Hall–Kier alpha value is -4.54. The van der Waals surface area contributed by atoms with Crippen molar-refractivity contribution in [3.05, 3.63) is 98.7 Å². The molecule has 14 heteroatoms. The summed E-state index contributed by atoms with van der Waals surface area (Å²) in [4.78, 5) is 20.0. The van der Waals surface area contributed by atoms with Crippen LogP contribution < -0.4 is 11.3 Å². The van der Waals surface area contributed by atoms with Gasteiger partial charge in [-0.15, -0.1) is 0 Å². The monoisotopic (exact) mass is 527 g/mol. The van der Waals surface area contributed by atoms with Crippen molar-refractivity contribution in [3.63, 3.8) is 0 Å².